The first-order chi connectivity index (χ1) is 6.56. The van der Waals surface area contributed by atoms with Crippen LogP contribution in [-0.2, 0) is 0 Å². The molecule has 0 N–H and O–H groups in total. The molecule has 0 fully saturated rings. The summed E-state index contributed by atoms with van der Waals surface area (Å²) in [6.07, 6.45) is 0. The third-order valence-electron chi connectivity index (χ3n) is 2.44. The fourth-order valence-corrected chi connectivity index (χ4v) is 1.66. The molecular weight excluding hydrogens is 170 g/mol. The van der Waals surface area contributed by atoms with Gasteiger partial charge in [-0.05, 0) is 17.4 Å². The Morgan fingerprint density at radius 2 is 1.57 bits per heavy atom. The summed E-state index contributed by atoms with van der Waals surface area (Å²) in [5.74, 6) is 1.03. The van der Waals surface area contributed by atoms with Crippen molar-refractivity contribution in [3.05, 3.63) is 40.7 Å². The van der Waals surface area contributed by atoms with E-state index < -0.39 is 0 Å². The van der Waals surface area contributed by atoms with Gasteiger partial charge < -0.3 is 0 Å². The van der Waals surface area contributed by atoms with Crippen LogP contribution in [-0.4, -0.2) is 0 Å². The highest BCUT2D eigenvalue weighted by molar-refractivity contribution is 5.51. The van der Waals surface area contributed by atoms with Crippen LogP contribution in [0.5, 0.6) is 0 Å². The van der Waals surface area contributed by atoms with Crippen molar-refractivity contribution in [3.63, 3.8) is 0 Å². The summed E-state index contributed by atoms with van der Waals surface area (Å²) in [6.45, 7) is 15.7. The van der Waals surface area contributed by atoms with Gasteiger partial charge in [-0.25, -0.2) is 4.85 Å². The monoisotopic (exact) mass is 187 g/mol. The van der Waals surface area contributed by atoms with Gasteiger partial charge in [0.15, 0.2) is 5.69 Å². The number of nitrogens with zero attached hydrogens (tertiary/aromatic N) is 1. The molecule has 0 saturated heterocycles. The zero-order valence-corrected chi connectivity index (χ0v) is 9.33. The van der Waals surface area contributed by atoms with Gasteiger partial charge in [0.2, 0.25) is 0 Å². The third kappa shape index (κ3) is 2.14. The Morgan fingerprint density at radius 3 is 2.00 bits per heavy atom. The molecule has 0 aliphatic carbocycles. The van der Waals surface area contributed by atoms with Crippen LogP contribution in [0.3, 0.4) is 0 Å². The summed E-state index contributed by atoms with van der Waals surface area (Å²) in [6, 6.07) is 6.02. The standard InChI is InChI=1S/C13H17N/c1-9(2)12-7-6-11(14-5)8-13(12)10(3)4/h6-10H,1-4H3. The number of benzene rings is 1. The van der Waals surface area contributed by atoms with Crippen molar-refractivity contribution in [2.45, 2.75) is 39.5 Å². The van der Waals surface area contributed by atoms with Gasteiger partial charge in [-0.3, -0.25) is 0 Å². The van der Waals surface area contributed by atoms with Gasteiger partial charge in [0, 0.05) is 0 Å². The zero-order valence-electron chi connectivity index (χ0n) is 9.33. The average molecular weight is 187 g/mol. The van der Waals surface area contributed by atoms with Crippen LogP contribution in [0.25, 0.3) is 4.85 Å². The van der Waals surface area contributed by atoms with E-state index in [2.05, 4.69) is 38.6 Å². The summed E-state index contributed by atoms with van der Waals surface area (Å²) in [5.41, 5.74) is 3.43. The van der Waals surface area contributed by atoms with Gasteiger partial charge in [0.05, 0.1) is 6.57 Å². The molecule has 0 aliphatic heterocycles. The van der Waals surface area contributed by atoms with E-state index in [9.17, 15) is 0 Å². The van der Waals surface area contributed by atoms with Crippen molar-refractivity contribution in [2.24, 2.45) is 0 Å². The Morgan fingerprint density at radius 1 is 1.00 bits per heavy atom. The van der Waals surface area contributed by atoms with E-state index in [0.717, 1.165) is 5.69 Å². The van der Waals surface area contributed by atoms with E-state index in [0.29, 0.717) is 11.8 Å². The molecule has 0 amide bonds. The second kappa shape index (κ2) is 4.28. The van der Waals surface area contributed by atoms with Gasteiger partial charge in [0.1, 0.15) is 0 Å². The molecule has 0 atom stereocenters. The second-order valence-electron chi connectivity index (χ2n) is 4.23. The van der Waals surface area contributed by atoms with E-state index >= 15 is 0 Å². The quantitative estimate of drug-likeness (QED) is 0.601. The van der Waals surface area contributed by atoms with Gasteiger partial charge >= 0.3 is 0 Å². The number of hydrogen-bond donors (Lipinski definition) is 0. The second-order valence-corrected chi connectivity index (χ2v) is 4.23. The largest absolute Gasteiger partial charge is 0.238 e. The predicted molar refractivity (Wildman–Crippen MR) is 60.9 cm³/mol. The van der Waals surface area contributed by atoms with Crippen molar-refractivity contribution < 1.29 is 0 Å². The highest BCUT2D eigenvalue weighted by Gasteiger charge is 2.09. The summed E-state index contributed by atoms with van der Waals surface area (Å²) >= 11 is 0. The van der Waals surface area contributed by atoms with Crippen LogP contribution < -0.4 is 0 Å². The van der Waals surface area contributed by atoms with Crippen molar-refractivity contribution >= 4 is 5.69 Å². The predicted octanol–water partition coefficient (Wildman–Crippen LogP) is 4.48. The summed E-state index contributed by atoms with van der Waals surface area (Å²) in [4.78, 5) is 3.46. The molecule has 0 saturated carbocycles. The molecule has 1 heteroatoms. The number of hydrogen-bond acceptors (Lipinski definition) is 0. The average Bonchev–Trinajstić information content (AvgIpc) is 2.16. The lowest BCUT2D eigenvalue weighted by atomic mass is 9.90. The first-order valence-electron chi connectivity index (χ1n) is 5.07. The van der Waals surface area contributed by atoms with Gasteiger partial charge in [-0.1, -0.05) is 51.5 Å². The molecular formula is C13H17N. The van der Waals surface area contributed by atoms with Gasteiger partial charge in [0.25, 0.3) is 0 Å². The molecule has 14 heavy (non-hydrogen) atoms. The smallest absolute Gasteiger partial charge is 0.187 e. The molecule has 0 aliphatic rings. The Balaban J connectivity index is 3.26. The van der Waals surface area contributed by atoms with E-state index in [1.54, 1.807) is 0 Å². The van der Waals surface area contributed by atoms with Crippen molar-refractivity contribution in [1.82, 2.24) is 0 Å². The first kappa shape index (κ1) is 10.8. The molecule has 1 nitrogen and oxygen atoms in total. The maximum Gasteiger partial charge on any atom is 0.187 e. The maximum absolute atomic E-state index is 6.98. The van der Waals surface area contributed by atoms with Crippen LogP contribution in [0.2, 0.25) is 0 Å². The molecule has 1 rings (SSSR count). The van der Waals surface area contributed by atoms with Gasteiger partial charge in [-0.2, -0.15) is 0 Å². The molecule has 1 aromatic rings. The minimum atomic E-state index is 0.495. The normalized spacial score (nSPS) is 10.6. The molecule has 74 valence electrons. The lowest BCUT2D eigenvalue weighted by Crippen LogP contribution is -1.97. The fourth-order valence-electron chi connectivity index (χ4n) is 1.66. The van der Waals surface area contributed by atoms with Crippen LogP contribution in [0.15, 0.2) is 18.2 Å². The Bertz CT molecular complexity index is 356. The molecule has 0 radical (unpaired) electrons. The van der Waals surface area contributed by atoms with E-state index in [4.69, 9.17) is 6.57 Å². The molecule has 0 heterocycles. The summed E-state index contributed by atoms with van der Waals surface area (Å²) < 4.78 is 0. The first-order valence-corrected chi connectivity index (χ1v) is 5.07. The fraction of sp³-hybridized carbons (Fsp3) is 0.462. The highest BCUT2D eigenvalue weighted by Crippen LogP contribution is 2.29. The van der Waals surface area contributed by atoms with Crippen LogP contribution in [0.1, 0.15) is 50.7 Å². The molecule has 0 bridgehead atoms. The molecule has 0 spiro atoms. The minimum Gasteiger partial charge on any atom is -0.238 e. The van der Waals surface area contributed by atoms with Gasteiger partial charge in [-0.15, -0.1) is 0 Å². The molecule has 0 unspecified atom stereocenters. The number of rotatable bonds is 2. The molecule has 1 aromatic carbocycles. The SMILES string of the molecule is [C-]#[N+]c1ccc(C(C)C)c(C(C)C)c1. The van der Waals surface area contributed by atoms with Crippen molar-refractivity contribution in [1.29, 1.82) is 0 Å². The maximum atomic E-state index is 6.98. The van der Waals surface area contributed by atoms with Crippen molar-refractivity contribution in [2.75, 3.05) is 0 Å². The summed E-state index contributed by atoms with van der Waals surface area (Å²) in [5, 5.41) is 0. The van der Waals surface area contributed by atoms with E-state index in [1.165, 1.54) is 11.1 Å². The van der Waals surface area contributed by atoms with Crippen molar-refractivity contribution in [3.8, 4) is 0 Å². The Kier molecular flexibility index (Phi) is 3.30. The topological polar surface area (TPSA) is 4.36 Å². The zero-order chi connectivity index (χ0) is 10.7. The lowest BCUT2D eigenvalue weighted by Gasteiger charge is -2.16. The minimum absolute atomic E-state index is 0.495. The third-order valence-corrected chi connectivity index (χ3v) is 2.44. The van der Waals surface area contributed by atoms with Crippen LogP contribution in [0.4, 0.5) is 5.69 Å². The van der Waals surface area contributed by atoms with Crippen LogP contribution >= 0.6 is 0 Å². The van der Waals surface area contributed by atoms with E-state index in [-0.39, 0.29) is 0 Å². The highest BCUT2D eigenvalue weighted by atomic mass is 14.6. The van der Waals surface area contributed by atoms with Crippen LogP contribution in [0, 0.1) is 6.57 Å². The Hall–Kier alpha value is -1.29. The molecule has 0 aromatic heterocycles. The Labute approximate surface area is 86.6 Å². The lowest BCUT2D eigenvalue weighted by molar-refractivity contribution is 0.791. The van der Waals surface area contributed by atoms with E-state index in [1.807, 2.05) is 12.1 Å². The summed E-state index contributed by atoms with van der Waals surface area (Å²) in [7, 11) is 0.